The largest absolute Gasteiger partial charge is 0.444 e. The zero-order chi connectivity index (χ0) is 11.0. The lowest BCUT2D eigenvalue weighted by atomic mass is 10.2. The van der Waals surface area contributed by atoms with Gasteiger partial charge in [0.1, 0.15) is 5.60 Å². The maximum Gasteiger partial charge on any atom is 0.407 e. The average molecular weight is 204 g/mol. The van der Waals surface area contributed by atoms with Crippen molar-refractivity contribution in [3.63, 3.8) is 0 Å². The van der Waals surface area contributed by atoms with Crippen LogP contribution in [0.4, 0.5) is 4.79 Å². The lowest BCUT2D eigenvalue weighted by Gasteiger charge is -2.19. The first-order valence-corrected chi connectivity index (χ1v) is 4.71. The van der Waals surface area contributed by atoms with E-state index in [1.165, 1.54) is 0 Å². The van der Waals surface area contributed by atoms with Gasteiger partial charge in [-0.1, -0.05) is 0 Å². The van der Waals surface area contributed by atoms with Crippen molar-refractivity contribution in [2.24, 2.45) is 0 Å². The first-order valence-electron chi connectivity index (χ1n) is 4.71. The first kappa shape index (κ1) is 13.2. The van der Waals surface area contributed by atoms with Crippen molar-refractivity contribution in [3.8, 4) is 0 Å². The van der Waals surface area contributed by atoms with Gasteiger partial charge in [-0.2, -0.15) is 0 Å². The molecule has 0 atom stereocenters. The highest BCUT2D eigenvalue weighted by molar-refractivity contribution is 5.67. The Labute approximate surface area is 85.1 Å². The minimum absolute atomic E-state index is 0.387. The van der Waals surface area contributed by atoms with Crippen LogP contribution in [-0.2, 0) is 9.57 Å². The third-order valence-corrected chi connectivity index (χ3v) is 1.24. The van der Waals surface area contributed by atoms with Gasteiger partial charge in [-0.3, -0.25) is 0 Å². The Morgan fingerprint density at radius 1 is 1.36 bits per heavy atom. The zero-order valence-corrected chi connectivity index (χ0v) is 9.35. The fraction of sp³-hybridized carbons (Fsp3) is 0.889. The molecule has 0 bridgehead atoms. The highest BCUT2D eigenvalue weighted by Crippen LogP contribution is 2.06. The van der Waals surface area contributed by atoms with Gasteiger partial charge in [0.05, 0.1) is 6.61 Å². The Kier molecular flexibility index (Phi) is 6.23. The fourth-order valence-electron chi connectivity index (χ4n) is 0.751. The summed E-state index contributed by atoms with van der Waals surface area (Å²) >= 11 is 0. The molecule has 1 amide bonds. The van der Waals surface area contributed by atoms with Crippen molar-refractivity contribution in [1.29, 1.82) is 0 Å². The van der Waals surface area contributed by atoms with Crippen molar-refractivity contribution in [2.45, 2.75) is 32.8 Å². The van der Waals surface area contributed by atoms with Crippen LogP contribution in [0.3, 0.4) is 0 Å². The summed E-state index contributed by atoms with van der Waals surface area (Å²) in [6.07, 6.45) is 0.363. The van der Waals surface area contributed by atoms with E-state index in [0.29, 0.717) is 13.2 Å². The molecule has 2 N–H and O–H groups in total. The average Bonchev–Trinajstić information content (AvgIpc) is 2.00. The van der Waals surface area contributed by atoms with E-state index in [4.69, 9.17) is 9.57 Å². The van der Waals surface area contributed by atoms with Gasteiger partial charge >= 0.3 is 6.09 Å². The number of hydroxylamine groups is 1. The van der Waals surface area contributed by atoms with Crippen molar-refractivity contribution in [2.75, 3.05) is 20.2 Å². The lowest BCUT2D eigenvalue weighted by molar-refractivity contribution is 0.0467. The number of rotatable bonds is 5. The number of carbonyl (C=O) groups excluding carboxylic acids is 1. The summed E-state index contributed by atoms with van der Waals surface area (Å²) in [6, 6.07) is 0. The molecule has 0 radical (unpaired) electrons. The van der Waals surface area contributed by atoms with Crippen LogP contribution in [0.25, 0.3) is 0 Å². The molecule has 0 aromatic rings. The van der Waals surface area contributed by atoms with E-state index >= 15 is 0 Å². The van der Waals surface area contributed by atoms with Crippen LogP contribution in [-0.4, -0.2) is 31.9 Å². The minimum atomic E-state index is -0.439. The van der Waals surface area contributed by atoms with Crippen molar-refractivity contribution in [1.82, 2.24) is 10.8 Å². The monoisotopic (exact) mass is 204 g/mol. The van der Waals surface area contributed by atoms with Gasteiger partial charge in [-0.25, -0.2) is 10.3 Å². The van der Waals surface area contributed by atoms with E-state index in [1.54, 1.807) is 7.05 Å². The number of amides is 1. The van der Waals surface area contributed by atoms with Crippen LogP contribution in [0.5, 0.6) is 0 Å². The summed E-state index contributed by atoms with van der Waals surface area (Å²) in [4.78, 5) is 16.0. The van der Waals surface area contributed by atoms with Gasteiger partial charge < -0.3 is 14.9 Å². The molecule has 0 fully saturated rings. The lowest BCUT2D eigenvalue weighted by Crippen LogP contribution is -2.33. The molecule has 84 valence electrons. The second kappa shape index (κ2) is 6.62. The fourth-order valence-corrected chi connectivity index (χ4v) is 0.751. The molecular formula is C9H20N2O3. The summed E-state index contributed by atoms with van der Waals surface area (Å²) in [5.74, 6) is 0. The van der Waals surface area contributed by atoms with Crippen molar-refractivity contribution < 1.29 is 14.4 Å². The second-order valence-corrected chi connectivity index (χ2v) is 3.83. The van der Waals surface area contributed by atoms with Gasteiger partial charge in [0, 0.05) is 13.6 Å². The molecule has 0 aliphatic heterocycles. The number of hydrogen-bond donors (Lipinski definition) is 2. The maximum absolute atomic E-state index is 11.1. The van der Waals surface area contributed by atoms with E-state index in [0.717, 1.165) is 6.42 Å². The van der Waals surface area contributed by atoms with E-state index in [9.17, 15) is 4.79 Å². The molecule has 0 spiro atoms. The quantitative estimate of drug-likeness (QED) is 0.519. The van der Waals surface area contributed by atoms with Crippen LogP contribution < -0.4 is 10.8 Å². The molecule has 0 aliphatic rings. The number of ether oxygens (including phenoxy) is 1. The van der Waals surface area contributed by atoms with Crippen LogP contribution in [0.15, 0.2) is 0 Å². The third kappa shape index (κ3) is 9.28. The standard InChI is InChI=1S/C9H20N2O3/c1-9(2,3)14-8(12)11-6-5-7-13-10-4/h10H,5-7H2,1-4H3,(H,11,12). The summed E-state index contributed by atoms with van der Waals surface area (Å²) < 4.78 is 5.04. The molecule has 0 aromatic carbocycles. The molecule has 5 nitrogen and oxygen atoms in total. The molecule has 0 saturated carbocycles. The maximum atomic E-state index is 11.1. The first-order chi connectivity index (χ1) is 6.45. The highest BCUT2D eigenvalue weighted by atomic mass is 16.6. The predicted molar refractivity (Wildman–Crippen MR) is 53.9 cm³/mol. The van der Waals surface area contributed by atoms with Crippen LogP contribution >= 0.6 is 0 Å². The smallest absolute Gasteiger partial charge is 0.407 e. The van der Waals surface area contributed by atoms with Gasteiger partial charge in [0.15, 0.2) is 0 Å². The number of carbonyl (C=O) groups is 1. The van der Waals surface area contributed by atoms with Crippen LogP contribution in [0.1, 0.15) is 27.2 Å². The van der Waals surface area contributed by atoms with E-state index in [-0.39, 0.29) is 6.09 Å². The van der Waals surface area contributed by atoms with Crippen molar-refractivity contribution >= 4 is 6.09 Å². The molecular weight excluding hydrogens is 184 g/mol. The van der Waals surface area contributed by atoms with Gasteiger partial charge in [0.25, 0.3) is 0 Å². The Balaban J connectivity index is 3.36. The van der Waals surface area contributed by atoms with E-state index in [2.05, 4.69) is 10.8 Å². The number of nitrogens with one attached hydrogen (secondary N) is 2. The van der Waals surface area contributed by atoms with Gasteiger partial charge in [0.2, 0.25) is 0 Å². The number of hydrogen-bond acceptors (Lipinski definition) is 4. The predicted octanol–water partition coefficient (Wildman–Crippen LogP) is 1.05. The Hall–Kier alpha value is -0.810. The molecule has 0 unspecified atom stereocenters. The van der Waals surface area contributed by atoms with Crippen LogP contribution in [0.2, 0.25) is 0 Å². The van der Waals surface area contributed by atoms with Crippen molar-refractivity contribution in [3.05, 3.63) is 0 Å². The molecule has 0 aromatic heterocycles. The number of alkyl carbamates (subject to hydrolysis) is 1. The molecule has 0 saturated heterocycles. The summed E-state index contributed by atoms with van der Waals surface area (Å²) in [7, 11) is 1.70. The Bertz CT molecular complexity index is 166. The molecule has 5 heteroatoms. The molecule has 0 heterocycles. The van der Waals surface area contributed by atoms with Gasteiger partial charge in [-0.15, -0.1) is 0 Å². The second-order valence-electron chi connectivity index (χ2n) is 3.83. The zero-order valence-electron chi connectivity index (χ0n) is 9.35. The Morgan fingerprint density at radius 3 is 2.50 bits per heavy atom. The van der Waals surface area contributed by atoms with E-state index in [1.807, 2.05) is 20.8 Å². The summed E-state index contributed by atoms with van der Waals surface area (Å²) in [5, 5.41) is 2.63. The topological polar surface area (TPSA) is 59.6 Å². The normalized spacial score (nSPS) is 11.1. The van der Waals surface area contributed by atoms with Gasteiger partial charge in [-0.05, 0) is 27.2 Å². The summed E-state index contributed by atoms with van der Waals surface area (Å²) in [6.45, 7) is 6.60. The third-order valence-electron chi connectivity index (χ3n) is 1.24. The molecule has 0 aliphatic carbocycles. The molecule has 0 rings (SSSR count). The van der Waals surface area contributed by atoms with E-state index < -0.39 is 5.60 Å². The molecule has 14 heavy (non-hydrogen) atoms. The summed E-state index contributed by atoms with van der Waals surface area (Å²) in [5.41, 5.74) is 2.11. The Morgan fingerprint density at radius 2 is 2.00 bits per heavy atom. The minimum Gasteiger partial charge on any atom is -0.444 e. The SMILES string of the molecule is CNOCCCNC(=O)OC(C)(C)C. The highest BCUT2D eigenvalue weighted by Gasteiger charge is 2.15. The van der Waals surface area contributed by atoms with Crippen LogP contribution in [0, 0.1) is 0 Å².